The van der Waals surface area contributed by atoms with Gasteiger partial charge in [0.1, 0.15) is 5.60 Å². The Morgan fingerprint density at radius 1 is 1.18 bits per heavy atom. The van der Waals surface area contributed by atoms with Crippen molar-refractivity contribution in [1.29, 1.82) is 0 Å². The van der Waals surface area contributed by atoms with Crippen molar-refractivity contribution in [3.8, 4) is 0 Å². The van der Waals surface area contributed by atoms with Crippen LogP contribution in [-0.4, -0.2) is 42.8 Å². The molecule has 2 aliphatic heterocycles. The minimum absolute atomic E-state index is 0.140. The molecule has 2 atom stereocenters. The van der Waals surface area contributed by atoms with Crippen LogP contribution in [0, 0.1) is 11.8 Å². The van der Waals surface area contributed by atoms with Gasteiger partial charge in [-0.05, 0) is 58.5 Å². The normalized spacial score (nSPS) is 29.7. The molecule has 2 aliphatic rings. The molecule has 17 heavy (non-hydrogen) atoms. The van der Waals surface area contributed by atoms with Crippen molar-refractivity contribution in [3.63, 3.8) is 0 Å². The molecule has 0 bridgehead atoms. The van der Waals surface area contributed by atoms with Crippen LogP contribution in [0.4, 0.5) is 4.79 Å². The van der Waals surface area contributed by atoms with E-state index >= 15 is 0 Å². The molecule has 0 radical (unpaired) electrons. The maximum Gasteiger partial charge on any atom is 0.410 e. The molecule has 0 aromatic rings. The Balaban J connectivity index is 1.90. The highest BCUT2D eigenvalue weighted by atomic mass is 16.6. The first-order valence-corrected chi connectivity index (χ1v) is 6.64. The number of ether oxygens (including phenoxy) is 1. The lowest BCUT2D eigenvalue weighted by Crippen LogP contribution is -2.36. The second-order valence-electron chi connectivity index (χ2n) is 6.23. The van der Waals surface area contributed by atoms with Gasteiger partial charge in [0.15, 0.2) is 0 Å². The Bertz CT molecular complexity index is 272. The van der Waals surface area contributed by atoms with Gasteiger partial charge in [-0.25, -0.2) is 4.79 Å². The molecule has 2 saturated heterocycles. The summed E-state index contributed by atoms with van der Waals surface area (Å²) in [5.74, 6) is 1.33. The van der Waals surface area contributed by atoms with Crippen molar-refractivity contribution in [2.24, 2.45) is 11.8 Å². The SMILES string of the molecule is CC(C)(C)OC(=O)N1CC2CCNCCC2C1. The summed E-state index contributed by atoms with van der Waals surface area (Å²) >= 11 is 0. The maximum atomic E-state index is 12.0. The lowest BCUT2D eigenvalue weighted by atomic mass is 9.92. The van der Waals surface area contributed by atoms with Crippen molar-refractivity contribution >= 4 is 6.09 Å². The van der Waals surface area contributed by atoms with Gasteiger partial charge in [0.25, 0.3) is 0 Å². The van der Waals surface area contributed by atoms with Crippen molar-refractivity contribution in [2.75, 3.05) is 26.2 Å². The number of rotatable bonds is 0. The van der Waals surface area contributed by atoms with E-state index in [4.69, 9.17) is 4.74 Å². The minimum Gasteiger partial charge on any atom is -0.444 e. The molecule has 2 rings (SSSR count). The lowest BCUT2D eigenvalue weighted by Gasteiger charge is -2.24. The minimum atomic E-state index is -0.386. The first-order chi connectivity index (χ1) is 7.96. The molecule has 2 heterocycles. The molecule has 0 saturated carbocycles. The Hall–Kier alpha value is -0.770. The predicted molar refractivity (Wildman–Crippen MR) is 66.9 cm³/mol. The average molecular weight is 240 g/mol. The summed E-state index contributed by atoms with van der Waals surface area (Å²) in [7, 11) is 0. The third-order valence-electron chi connectivity index (χ3n) is 3.61. The zero-order valence-electron chi connectivity index (χ0n) is 11.2. The van der Waals surface area contributed by atoms with Gasteiger partial charge in [-0.1, -0.05) is 0 Å². The van der Waals surface area contributed by atoms with Crippen LogP contribution in [-0.2, 0) is 4.74 Å². The average Bonchev–Trinajstić information content (AvgIpc) is 2.48. The molecule has 1 N–H and O–H groups in total. The van der Waals surface area contributed by atoms with Crippen molar-refractivity contribution in [2.45, 2.75) is 39.2 Å². The maximum absolute atomic E-state index is 12.0. The van der Waals surface area contributed by atoms with Crippen LogP contribution in [0.3, 0.4) is 0 Å². The summed E-state index contributed by atoms with van der Waals surface area (Å²) in [6.45, 7) is 9.68. The van der Waals surface area contributed by atoms with E-state index in [9.17, 15) is 4.79 Å². The van der Waals surface area contributed by atoms with Gasteiger partial charge in [0, 0.05) is 13.1 Å². The summed E-state index contributed by atoms with van der Waals surface area (Å²) in [5, 5.41) is 3.42. The van der Waals surface area contributed by atoms with E-state index in [0.717, 1.165) is 26.2 Å². The Kier molecular flexibility index (Phi) is 3.61. The number of nitrogens with one attached hydrogen (secondary N) is 1. The van der Waals surface area contributed by atoms with Crippen molar-refractivity contribution in [1.82, 2.24) is 10.2 Å². The zero-order valence-corrected chi connectivity index (χ0v) is 11.2. The molecular formula is C13H24N2O2. The summed E-state index contributed by atoms with van der Waals surface area (Å²) in [4.78, 5) is 13.9. The second-order valence-corrected chi connectivity index (χ2v) is 6.23. The van der Waals surface area contributed by atoms with Crippen LogP contribution in [0.5, 0.6) is 0 Å². The summed E-state index contributed by atoms with van der Waals surface area (Å²) in [5.41, 5.74) is -0.386. The number of nitrogens with zero attached hydrogens (tertiary/aromatic N) is 1. The van der Waals surface area contributed by atoms with Gasteiger partial charge >= 0.3 is 6.09 Å². The van der Waals surface area contributed by atoms with Gasteiger partial charge in [-0.3, -0.25) is 0 Å². The lowest BCUT2D eigenvalue weighted by molar-refractivity contribution is 0.0282. The highest BCUT2D eigenvalue weighted by Gasteiger charge is 2.37. The molecule has 4 nitrogen and oxygen atoms in total. The second kappa shape index (κ2) is 4.84. The first kappa shape index (κ1) is 12.7. The number of hydrogen-bond acceptors (Lipinski definition) is 3. The molecule has 0 aliphatic carbocycles. The largest absolute Gasteiger partial charge is 0.444 e. The highest BCUT2D eigenvalue weighted by molar-refractivity contribution is 5.68. The topological polar surface area (TPSA) is 41.6 Å². The summed E-state index contributed by atoms with van der Waals surface area (Å²) in [6, 6.07) is 0. The fraction of sp³-hybridized carbons (Fsp3) is 0.923. The van der Waals surface area contributed by atoms with E-state index in [2.05, 4.69) is 5.32 Å². The molecule has 2 fully saturated rings. The standard InChI is InChI=1S/C13H24N2O2/c1-13(2,3)17-12(16)15-8-10-4-6-14-7-5-11(10)9-15/h10-11,14H,4-9H2,1-3H3. The van der Waals surface area contributed by atoms with Gasteiger partial charge in [-0.15, -0.1) is 0 Å². The monoisotopic (exact) mass is 240 g/mol. The molecular weight excluding hydrogens is 216 g/mol. The van der Waals surface area contributed by atoms with E-state index in [1.54, 1.807) is 0 Å². The van der Waals surface area contributed by atoms with Crippen LogP contribution in [0.25, 0.3) is 0 Å². The Morgan fingerprint density at radius 2 is 1.71 bits per heavy atom. The molecule has 1 amide bonds. The van der Waals surface area contributed by atoms with Crippen LogP contribution in [0.2, 0.25) is 0 Å². The molecule has 2 unspecified atom stereocenters. The van der Waals surface area contributed by atoms with Crippen LogP contribution < -0.4 is 5.32 Å². The van der Waals surface area contributed by atoms with Gasteiger partial charge in [0.2, 0.25) is 0 Å². The third kappa shape index (κ3) is 3.35. The Morgan fingerprint density at radius 3 is 2.18 bits per heavy atom. The Labute approximate surface area is 104 Å². The quantitative estimate of drug-likeness (QED) is 0.702. The number of carbonyl (C=O) groups excluding carboxylic acids is 1. The molecule has 0 aromatic heterocycles. The molecule has 98 valence electrons. The predicted octanol–water partition coefficient (Wildman–Crippen LogP) is 1.85. The number of likely N-dealkylation sites (tertiary alicyclic amines) is 1. The first-order valence-electron chi connectivity index (χ1n) is 6.64. The summed E-state index contributed by atoms with van der Waals surface area (Å²) in [6.07, 6.45) is 2.23. The van der Waals surface area contributed by atoms with Crippen LogP contribution in [0.1, 0.15) is 33.6 Å². The van der Waals surface area contributed by atoms with Crippen molar-refractivity contribution in [3.05, 3.63) is 0 Å². The molecule has 0 aromatic carbocycles. The zero-order chi connectivity index (χ0) is 12.5. The van der Waals surface area contributed by atoms with E-state index in [1.165, 1.54) is 12.8 Å². The van der Waals surface area contributed by atoms with Crippen molar-refractivity contribution < 1.29 is 9.53 Å². The van der Waals surface area contributed by atoms with E-state index < -0.39 is 0 Å². The van der Waals surface area contributed by atoms with Gasteiger partial charge < -0.3 is 15.0 Å². The third-order valence-corrected chi connectivity index (χ3v) is 3.61. The van der Waals surface area contributed by atoms with E-state index in [0.29, 0.717) is 11.8 Å². The number of fused-ring (bicyclic) bond motifs is 1. The number of hydrogen-bond donors (Lipinski definition) is 1. The fourth-order valence-electron chi connectivity index (χ4n) is 2.77. The molecule has 4 heteroatoms. The van der Waals surface area contributed by atoms with Crippen LogP contribution >= 0.6 is 0 Å². The van der Waals surface area contributed by atoms with Gasteiger partial charge in [0.05, 0.1) is 0 Å². The number of amides is 1. The smallest absolute Gasteiger partial charge is 0.410 e. The number of carbonyl (C=O) groups is 1. The van der Waals surface area contributed by atoms with Gasteiger partial charge in [-0.2, -0.15) is 0 Å². The fourth-order valence-corrected chi connectivity index (χ4v) is 2.77. The van der Waals surface area contributed by atoms with E-state index in [1.807, 2.05) is 25.7 Å². The highest BCUT2D eigenvalue weighted by Crippen LogP contribution is 2.30. The summed E-state index contributed by atoms with van der Waals surface area (Å²) < 4.78 is 5.43. The molecule has 0 spiro atoms. The van der Waals surface area contributed by atoms with E-state index in [-0.39, 0.29) is 11.7 Å². The van der Waals surface area contributed by atoms with Crippen LogP contribution in [0.15, 0.2) is 0 Å².